The lowest BCUT2D eigenvalue weighted by Gasteiger charge is -2.27. The normalized spacial score (nSPS) is 12.5. The topological polar surface area (TPSA) is 79.0 Å². The number of ether oxygens (including phenoxy) is 1. The van der Waals surface area contributed by atoms with Crippen molar-refractivity contribution >= 4 is 21.8 Å². The van der Waals surface area contributed by atoms with Crippen molar-refractivity contribution in [3.63, 3.8) is 0 Å². The van der Waals surface area contributed by atoms with Crippen LogP contribution in [-0.4, -0.2) is 45.9 Å². The van der Waals surface area contributed by atoms with Crippen LogP contribution in [0.3, 0.4) is 0 Å². The largest absolute Gasteiger partial charge is 0.494 e. The molecule has 0 radical (unpaired) electrons. The molecule has 0 aromatic heterocycles. The Morgan fingerprint density at radius 2 is 1.68 bits per heavy atom. The summed E-state index contributed by atoms with van der Waals surface area (Å²) in [7, 11) is -0.938. The molecule has 0 aliphatic rings. The van der Waals surface area contributed by atoms with Crippen molar-refractivity contribution in [1.82, 2.24) is 9.62 Å². The number of carbonyl (C=O) groups excluding carboxylic acids is 1. The molecule has 0 unspecified atom stereocenters. The summed E-state index contributed by atoms with van der Waals surface area (Å²) in [5.41, 5.74) is 1.33. The molecule has 1 amide bonds. The third kappa shape index (κ3) is 5.46. The van der Waals surface area contributed by atoms with E-state index in [1.165, 1.54) is 14.1 Å². The first-order chi connectivity index (χ1) is 13.3. The Morgan fingerprint density at radius 1 is 1.07 bits per heavy atom. The number of hydrogen-bond acceptors (Lipinski definition) is 4. The first-order valence-corrected chi connectivity index (χ1v) is 10.4. The number of benzene rings is 2. The van der Waals surface area contributed by atoms with E-state index in [-0.39, 0.29) is 12.6 Å². The van der Waals surface area contributed by atoms with Crippen LogP contribution in [0, 0.1) is 0 Å². The van der Waals surface area contributed by atoms with Crippen LogP contribution >= 0.6 is 0 Å². The third-order valence-corrected chi connectivity index (χ3v) is 5.96. The second-order valence-corrected chi connectivity index (χ2v) is 8.49. The fourth-order valence-corrected chi connectivity index (χ4v) is 3.68. The van der Waals surface area contributed by atoms with E-state index in [1.807, 2.05) is 38.1 Å². The standard InChI is InChI=1S/C20H27N3O4S/c1-5-27-19-13-11-17(12-14-19)16(2)21-20(24)15-23(28(25,26)22(3)4)18-9-7-6-8-10-18/h6-14,16H,5,15H2,1-4H3,(H,21,24)/t16-/m1/s1. The lowest BCUT2D eigenvalue weighted by molar-refractivity contribution is -0.120. The van der Waals surface area contributed by atoms with Crippen molar-refractivity contribution in [1.29, 1.82) is 0 Å². The number of anilines is 1. The van der Waals surface area contributed by atoms with Gasteiger partial charge in [-0.25, -0.2) is 4.31 Å². The van der Waals surface area contributed by atoms with Gasteiger partial charge in [-0.05, 0) is 43.7 Å². The predicted octanol–water partition coefficient (Wildman–Crippen LogP) is 2.58. The molecule has 0 aliphatic carbocycles. The van der Waals surface area contributed by atoms with Crippen LogP contribution in [-0.2, 0) is 15.0 Å². The molecule has 28 heavy (non-hydrogen) atoms. The average Bonchev–Trinajstić information content (AvgIpc) is 2.67. The van der Waals surface area contributed by atoms with Crippen molar-refractivity contribution in [2.45, 2.75) is 19.9 Å². The minimum atomic E-state index is -3.81. The molecule has 0 saturated carbocycles. The highest BCUT2D eigenvalue weighted by molar-refractivity contribution is 7.90. The van der Waals surface area contributed by atoms with Gasteiger partial charge in [0.25, 0.3) is 0 Å². The minimum Gasteiger partial charge on any atom is -0.494 e. The van der Waals surface area contributed by atoms with Gasteiger partial charge < -0.3 is 10.1 Å². The van der Waals surface area contributed by atoms with Gasteiger partial charge >= 0.3 is 10.2 Å². The Bertz CT molecular complexity index is 868. The SMILES string of the molecule is CCOc1ccc([C@@H](C)NC(=O)CN(c2ccccc2)S(=O)(=O)N(C)C)cc1. The Morgan fingerprint density at radius 3 is 2.21 bits per heavy atom. The van der Waals surface area contributed by atoms with Gasteiger partial charge in [0, 0.05) is 14.1 Å². The molecule has 1 atom stereocenters. The molecule has 0 heterocycles. The highest BCUT2D eigenvalue weighted by atomic mass is 32.2. The molecular weight excluding hydrogens is 378 g/mol. The smallest absolute Gasteiger partial charge is 0.304 e. The predicted molar refractivity (Wildman–Crippen MR) is 111 cm³/mol. The van der Waals surface area contributed by atoms with Crippen molar-refractivity contribution in [3.8, 4) is 5.75 Å². The molecule has 0 fully saturated rings. The first kappa shape index (κ1) is 21.7. The monoisotopic (exact) mass is 405 g/mol. The third-order valence-electron chi connectivity index (χ3n) is 4.14. The summed E-state index contributed by atoms with van der Waals surface area (Å²) in [4.78, 5) is 12.6. The second kappa shape index (κ2) is 9.57. The zero-order valence-corrected chi connectivity index (χ0v) is 17.4. The first-order valence-electron chi connectivity index (χ1n) is 9.03. The highest BCUT2D eigenvalue weighted by Gasteiger charge is 2.27. The van der Waals surface area contributed by atoms with Crippen molar-refractivity contribution < 1.29 is 17.9 Å². The average molecular weight is 406 g/mol. The fourth-order valence-electron chi connectivity index (χ4n) is 2.62. The number of nitrogens with zero attached hydrogens (tertiary/aromatic N) is 2. The van der Waals surface area contributed by atoms with E-state index in [2.05, 4.69) is 5.32 Å². The van der Waals surface area contributed by atoms with Gasteiger partial charge in [0.15, 0.2) is 0 Å². The molecule has 2 aromatic carbocycles. The van der Waals surface area contributed by atoms with Crippen LogP contribution < -0.4 is 14.4 Å². The Kier molecular flexibility index (Phi) is 7.42. The zero-order chi connectivity index (χ0) is 20.7. The number of hydrogen-bond donors (Lipinski definition) is 1. The molecule has 0 aliphatic heterocycles. The van der Waals surface area contributed by atoms with Crippen LogP contribution in [0.5, 0.6) is 5.75 Å². The van der Waals surface area contributed by atoms with Crippen LogP contribution in [0.15, 0.2) is 54.6 Å². The summed E-state index contributed by atoms with van der Waals surface area (Å²) >= 11 is 0. The quantitative estimate of drug-likeness (QED) is 0.695. The van der Waals surface area contributed by atoms with Gasteiger partial charge in [0.05, 0.1) is 18.3 Å². The second-order valence-electron chi connectivity index (χ2n) is 6.42. The van der Waals surface area contributed by atoms with Crippen molar-refractivity contribution in [3.05, 3.63) is 60.2 Å². The molecule has 2 rings (SSSR count). The van der Waals surface area contributed by atoms with Crippen LogP contribution in [0.25, 0.3) is 0 Å². The number of rotatable bonds is 9. The van der Waals surface area contributed by atoms with Gasteiger partial charge in [-0.1, -0.05) is 30.3 Å². The maximum atomic E-state index is 12.7. The Labute approximate surface area is 167 Å². The van der Waals surface area contributed by atoms with Crippen LogP contribution in [0.4, 0.5) is 5.69 Å². The molecule has 152 valence electrons. The summed E-state index contributed by atoms with van der Waals surface area (Å²) in [6.07, 6.45) is 0. The molecule has 0 bridgehead atoms. The molecule has 1 N–H and O–H groups in total. The van der Waals surface area contributed by atoms with Gasteiger partial charge in [0.1, 0.15) is 12.3 Å². The van der Waals surface area contributed by atoms with E-state index >= 15 is 0 Å². The van der Waals surface area contributed by atoms with Crippen molar-refractivity contribution in [2.75, 3.05) is 31.6 Å². The van der Waals surface area contributed by atoms with Gasteiger partial charge in [0.2, 0.25) is 5.91 Å². The summed E-state index contributed by atoms with van der Waals surface area (Å²) in [6.45, 7) is 4.03. The van der Waals surface area contributed by atoms with Gasteiger partial charge in [-0.15, -0.1) is 0 Å². The Balaban J connectivity index is 2.13. The summed E-state index contributed by atoms with van der Waals surface area (Å²) in [6, 6.07) is 15.7. The lowest BCUT2D eigenvalue weighted by atomic mass is 10.1. The zero-order valence-electron chi connectivity index (χ0n) is 16.6. The lowest BCUT2D eigenvalue weighted by Crippen LogP contribution is -2.46. The molecule has 0 saturated heterocycles. The van der Waals surface area contributed by atoms with Crippen LogP contribution in [0.1, 0.15) is 25.5 Å². The molecular formula is C20H27N3O4S. The highest BCUT2D eigenvalue weighted by Crippen LogP contribution is 2.20. The summed E-state index contributed by atoms with van der Waals surface area (Å²) in [5.74, 6) is 0.368. The number of nitrogens with one attached hydrogen (secondary N) is 1. The maximum Gasteiger partial charge on any atom is 0.304 e. The van der Waals surface area contributed by atoms with E-state index < -0.39 is 16.1 Å². The van der Waals surface area contributed by atoms with Crippen molar-refractivity contribution in [2.24, 2.45) is 0 Å². The van der Waals surface area contributed by atoms with E-state index in [9.17, 15) is 13.2 Å². The minimum absolute atomic E-state index is 0.275. The summed E-state index contributed by atoms with van der Waals surface area (Å²) < 4.78 is 33.0. The van der Waals surface area contributed by atoms with E-state index in [4.69, 9.17) is 4.74 Å². The number of para-hydroxylation sites is 1. The molecule has 7 nitrogen and oxygen atoms in total. The summed E-state index contributed by atoms with van der Waals surface area (Å²) in [5, 5.41) is 2.85. The number of carbonyl (C=O) groups is 1. The van der Waals surface area contributed by atoms with Gasteiger partial charge in [-0.2, -0.15) is 12.7 Å². The molecule has 2 aromatic rings. The molecule has 0 spiro atoms. The fraction of sp³-hybridized carbons (Fsp3) is 0.350. The van der Waals surface area contributed by atoms with E-state index in [1.54, 1.807) is 30.3 Å². The maximum absolute atomic E-state index is 12.7. The van der Waals surface area contributed by atoms with Crippen LogP contribution in [0.2, 0.25) is 0 Å². The van der Waals surface area contributed by atoms with E-state index in [0.717, 1.165) is 19.9 Å². The Hall–Kier alpha value is -2.58. The van der Waals surface area contributed by atoms with Gasteiger partial charge in [-0.3, -0.25) is 4.79 Å². The van der Waals surface area contributed by atoms with E-state index in [0.29, 0.717) is 12.3 Å². The molecule has 8 heteroatoms. The number of amides is 1.